The van der Waals surface area contributed by atoms with Gasteiger partial charge in [0, 0.05) is 24.5 Å². The first-order chi connectivity index (χ1) is 15.1. The number of fused-ring (bicyclic) bond motifs is 1. The molecule has 31 heavy (non-hydrogen) atoms. The fraction of sp³-hybridized carbons (Fsp3) is 0.542. The topological polar surface area (TPSA) is 68.1 Å². The predicted octanol–water partition coefficient (Wildman–Crippen LogP) is 3.51. The van der Waals surface area contributed by atoms with Crippen LogP contribution in [0, 0.1) is 13.8 Å². The maximum absolute atomic E-state index is 5.84. The lowest BCUT2D eigenvalue weighted by atomic mass is 9.87. The van der Waals surface area contributed by atoms with Crippen molar-refractivity contribution in [2.45, 2.75) is 52.1 Å². The molecule has 3 aromatic rings. The van der Waals surface area contributed by atoms with Gasteiger partial charge in [0.2, 0.25) is 0 Å². The first kappa shape index (κ1) is 20.4. The summed E-state index contributed by atoms with van der Waals surface area (Å²) in [5, 5.41) is 9.36. The Bertz CT molecular complexity index is 1070. The van der Waals surface area contributed by atoms with Crippen molar-refractivity contribution < 1.29 is 4.74 Å². The summed E-state index contributed by atoms with van der Waals surface area (Å²) in [5.41, 5.74) is 3.93. The van der Waals surface area contributed by atoms with Crippen LogP contribution in [0.2, 0.25) is 0 Å². The number of aryl methyl sites for hydroxylation is 2. The molecule has 7 nitrogen and oxygen atoms in total. The number of hydrogen-bond donors (Lipinski definition) is 1. The molecule has 2 aliphatic rings. The Morgan fingerprint density at radius 2 is 1.90 bits per heavy atom. The summed E-state index contributed by atoms with van der Waals surface area (Å²) in [5.74, 6) is 3.16. The van der Waals surface area contributed by atoms with Crippen molar-refractivity contribution in [3.63, 3.8) is 0 Å². The number of rotatable bonds is 4. The first-order valence-corrected chi connectivity index (χ1v) is 11.5. The van der Waals surface area contributed by atoms with Gasteiger partial charge in [-0.1, -0.05) is 6.92 Å². The van der Waals surface area contributed by atoms with Gasteiger partial charge in [-0.05, 0) is 75.4 Å². The minimum Gasteiger partial charge on any atom is -0.375 e. The van der Waals surface area contributed by atoms with E-state index in [9.17, 15) is 0 Å². The van der Waals surface area contributed by atoms with Gasteiger partial charge in [-0.2, -0.15) is 5.10 Å². The monoisotopic (exact) mass is 420 g/mol. The molecule has 2 aliphatic heterocycles. The molecule has 164 valence electrons. The number of anilines is 1. The largest absolute Gasteiger partial charge is 0.375 e. The molecular formula is C24H32N6O. The molecule has 4 heterocycles. The third kappa shape index (κ3) is 4.04. The third-order valence-electron chi connectivity index (χ3n) is 6.68. The number of benzene rings is 1. The van der Waals surface area contributed by atoms with E-state index in [1.54, 1.807) is 0 Å². The summed E-state index contributed by atoms with van der Waals surface area (Å²) in [6.45, 7) is 11.0. The summed E-state index contributed by atoms with van der Waals surface area (Å²) in [6, 6.07) is 6.69. The zero-order valence-electron chi connectivity index (χ0n) is 18.8. The van der Waals surface area contributed by atoms with Crippen LogP contribution < -0.4 is 10.2 Å². The van der Waals surface area contributed by atoms with E-state index in [-0.39, 0.29) is 6.10 Å². The van der Waals surface area contributed by atoms with Gasteiger partial charge in [0.1, 0.15) is 11.6 Å². The van der Waals surface area contributed by atoms with Crippen LogP contribution in [0.4, 0.5) is 5.82 Å². The number of piperidine rings is 1. The lowest BCUT2D eigenvalue weighted by Gasteiger charge is -2.33. The van der Waals surface area contributed by atoms with Gasteiger partial charge in [-0.25, -0.2) is 14.6 Å². The predicted molar refractivity (Wildman–Crippen MR) is 123 cm³/mol. The highest BCUT2D eigenvalue weighted by molar-refractivity contribution is 5.82. The molecule has 5 rings (SSSR count). The number of morpholine rings is 1. The molecule has 2 fully saturated rings. The minimum atomic E-state index is 0.258. The standard InChI is InChI=1S/C24H32N6O/c1-4-20-15-29(9-10-31-20)23-13-24(28-17(3)27-23)30-22-12-21(18-5-7-25-8-6-18)16(2)11-19(22)14-26-30/h11-14,18,20,25H,4-10,15H2,1-3H3/t20-/m0/s1. The Hall–Kier alpha value is -2.51. The molecule has 0 radical (unpaired) electrons. The molecule has 2 saturated heterocycles. The van der Waals surface area contributed by atoms with E-state index >= 15 is 0 Å². The lowest BCUT2D eigenvalue weighted by molar-refractivity contribution is 0.0381. The van der Waals surface area contributed by atoms with Crippen LogP contribution in [0.15, 0.2) is 24.4 Å². The number of hydrogen-bond acceptors (Lipinski definition) is 6. The summed E-state index contributed by atoms with van der Waals surface area (Å²) in [4.78, 5) is 11.8. The van der Waals surface area contributed by atoms with E-state index in [0.29, 0.717) is 5.92 Å². The van der Waals surface area contributed by atoms with Crippen molar-refractivity contribution in [3.8, 4) is 5.82 Å². The number of nitrogens with zero attached hydrogens (tertiary/aromatic N) is 5. The van der Waals surface area contributed by atoms with Crippen LogP contribution in [0.5, 0.6) is 0 Å². The maximum atomic E-state index is 5.84. The van der Waals surface area contributed by atoms with Gasteiger partial charge in [0.15, 0.2) is 5.82 Å². The zero-order valence-corrected chi connectivity index (χ0v) is 18.8. The maximum Gasteiger partial charge on any atom is 0.159 e. The smallest absolute Gasteiger partial charge is 0.159 e. The average molecular weight is 421 g/mol. The van der Waals surface area contributed by atoms with Crippen molar-refractivity contribution in [3.05, 3.63) is 41.3 Å². The zero-order chi connectivity index (χ0) is 21.4. The van der Waals surface area contributed by atoms with Crippen molar-refractivity contribution in [2.24, 2.45) is 0 Å². The molecule has 0 bridgehead atoms. The molecule has 0 amide bonds. The Labute approximate surface area is 183 Å². The Morgan fingerprint density at radius 1 is 1.10 bits per heavy atom. The van der Waals surface area contributed by atoms with Crippen molar-refractivity contribution in [1.82, 2.24) is 25.1 Å². The first-order valence-electron chi connectivity index (χ1n) is 11.5. The summed E-state index contributed by atoms with van der Waals surface area (Å²) >= 11 is 0. The summed E-state index contributed by atoms with van der Waals surface area (Å²) in [7, 11) is 0. The Balaban J connectivity index is 1.54. The molecule has 7 heteroatoms. The average Bonchev–Trinajstić information content (AvgIpc) is 3.21. The molecule has 2 aromatic heterocycles. The second-order valence-corrected chi connectivity index (χ2v) is 8.83. The Morgan fingerprint density at radius 3 is 2.71 bits per heavy atom. The van der Waals surface area contributed by atoms with E-state index in [0.717, 1.165) is 67.6 Å². The third-order valence-corrected chi connectivity index (χ3v) is 6.68. The van der Waals surface area contributed by atoms with Crippen LogP contribution in [0.1, 0.15) is 49.1 Å². The van der Waals surface area contributed by atoms with Crippen molar-refractivity contribution >= 4 is 16.7 Å². The van der Waals surface area contributed by atoms with E-state index in [1.165, 1.54) is 24.0 Å². The minimum absolute atomic E-state index is 0.258. The number of ether oxygens (including phenoxy) is 1. The van der Waals surface area contributed by atoms with Gasteiger partial charge in [0.25, 0.3) is 0 Å². The fourth-order valence-corrected chi connectivity index (χ4v) is 4.94. The van der Waals surface area contributed by atoms with Crippen LogP contribution in [-0.4, -0.2) is 58.6 Å². The van der Waals surface area contributed by atoms with Crippen molar-refractivity contribution in [1.29, 1.82) is 0 Å². The second-order valence-electron chi connectivity index (χ2n) is 8.83. The van der Waals surface area contributed by atoms with E-state index in [4.69, 9.17) is 19.8 Å². The highest BCUT2D eigenvalue weighted by atomic mass is 16.5. The van der Waals surface area contributed by atoms with Crippen LogP contribution in [0.25, 0.3) is 16.7 Å². The van der Waals surface area contributed by atoms with E-state index in [2.05, 4.69) is 42.3 Å². The Kier molecular flexibility index (Phi) is 5.63. The quantitative estimate of drug-likeness (QED) is 0.697. The highest BCUT2D eigenvalue weighted by Gasteiger charge is 2.22. The number of aromatic nitrogens is 4. The van der Waals surface area contributed by atoms with E-state index < -0.39 is 0 Å². The van der Waals surface area contributed by atoms with Crippen LogP contribution in [0.3, 0.4) is 0 Å². The summed E-state index contributed by atoms with van der Waals surface area (Å²) < 4.78 is 7.83. The second kappa shape index (κ2) is 8.55. The van der Waals surface area contributed by atoms with Crippen molar-refractivity contribution in [2.75, 3.05) is 37.7 Å². The molecule has 1 aromatic carbocycles. The molecule has 0 unspecified atom stereocenters. The number of nitrogens with one attached hydrogen (secondary N) is 1. The van der Waals surface area contributed by atoms with Gasteiger partial charge in [0.05, 0.1) is 24.4 Å². The molecular weight excluding hydrogens is 388 g/mol. The fourth-order valence-electron chi connectivity index (χ4n) is 4.94. The highest BCUT2D eigenvalue weighted by Crippen LogP contribution is 2.32. The molecule has 0 spiro atoms. The van der Waals surface area contributed by atoms with Crippen LogP contribution in [-0.2, 0) is 4.74 Å². The molecule has 0 saturated carbocycles. The molecule has 1 N–H and O–H groups in total. The molecule has 0 aliphatic carbocycles. The lowest BCUT2D eigenvalue weighted by Crippen LogP contribution is -2.42. The SMILES string of the molecule is CC[C@H]1CN(c2cc(-n3ncc4cc(C)c(C5CCNCC5)cc43)nc(C)n2)CCO1. The van der Waals surface area contributed by atoms with Gasteiger partial charge < -0.3 is 15.0 Å². The normalized spacial score (nSPS) is 20.5. The summed E-state index contributed by atoms with van der Waals surface area (Å²) in [6.07, 6.45) is 5.59. The van der Waals surface area contributed by atoms with E-state index in [1.807, 2.05) is 17.8 Å². The van der Waals surface area contributed by atoms with Gasteiger partial charge in [-0.3, -0.25) is 0 Å². The molecule has 1 atom stereocenters. The van der Waals surface area contributed by atoms with Crippen LogP contribution >= 0.6 is 0 Å². The van der Waals surface area contributed by atoms with Gasteiger partial charge in [-0.15, -0.1) is 0 Å². The van der Waals surface area contributed by atoms with Gasteiger partial charge >= 0.3 is 0 Å².